The molecule has 1 aliphatic rings. The van der Waals surface area contributed by atoms with Crippen LogP contribution in [0, 0.1) is 0 Å². The van der Waals surface area contributed by atoms with E-state index in [-0.39, 0.29) is 24.0 Å². The maximum absolute atomic E-state index is 4.40. The van der Waals surface area contributed by atoms with Crippen molar-refractivity contribution < 1.29 is 0 Å². The predicted octanol–water partition coefficient (Wildman–Crippen LogP) is 4.13. The van der Waals surface area contributed by atoms with Crippen LogP contribution in [-0.2, 0) is 13.0 Å². The Morgan fingerprint density at radius 3 is 2.70 bits per heavy atom. The quantitative estimate of drug-likeness (QED) is 0.358. The third-order valence-corrected chi connectivity index (χ3v) is 5.82. The normalized spacial score (nSPS) is 20.7. The molecular weight excluding hydrogens is 467 g/mol. The van der Waals surface area contributed by atoms with Gasteiger partial charge in [0.15, 0.2) is 5.96 Å². The largest absolute Gasteiger partial charge is 0.356 e. The Labute approximate surface area is 184 Å². The number of benzene rings is 1. The van der Waals surface area contributed by atoms with Crippen LogP contribution in [0.4, 0.5) is 0 Å². The lowest BCUT2D eigenvalue weighted by molar-refractivity contribution is 0.134. The van der Waals surface area contributed by atoms with Crippen LogP contribution < -0.4 is 10.6 Å². The number of rotatable bonds is 6. The van der Waals surface area contributed by atoms with E-state index in [1.54, 1.807) is 11.3 Å². The molecule has 4 nitrogen and oxygen atoms in total. The summed E-state index contributed by atoms with van der Waals surface area (Å²) in [7, 11) is 1.86. The third-order valence-electron chi connectivity index (χ3n) is 5.09. The van der Waals surface area contributed by atoms with E-state index in [1.807, 2.05) is 7.05 Å². The molecule has 2 N–H and O–H groups in total. The topological polar surface area (TPSA) is 39.7 Å². The van der Waals surface area contributed by atoms with E-state index in [1.165, 1.54) is 11.1 Å². The molecule has 0 bridgehead atoms. The number of hydrogen-bond acceptors (Lipinski definition) is 3. The van der Waals surface area contributed by atoms with Crippen LogP contribution in [0.3, 0.4) is 0 Å². The summed E-state index contributed by atoms with van der Waals surface area (Å²) in [5, 5.41) is 11.4. The summed E-state index contributed by atoms with van der Waals surface area (Å²) >= 11 is 1.76. The van der Waals surface area contributed by atoms with Crippen molar-refractivity contribution >= 4 is 41.3 Å². The monoisotopic (exact) mass is 498 g/mol. The third kappa shape index (κ3) is 7.08. The highest BCUT2D eigenvalue weighted by Crippen LogP contribution is 2.19. The second-order valence-electron chi connectivity index (χ2n) is 7.05. The zero-order chi connectivity index (χ0) is 18.2. The standard InChI is InChI=1S/C21H30N4S.HI/c1-17-14-20(9-12-25(17)15-18-6-4-3-5-7-18)24-21(22-2)23-11-8-19-10-13-26-16-19;/h3-7,10,13,16-17,20H,8-9,11-12,14-15H2,1-2H3,(H2,22,23,24);1H. The Kier molecular flexibility index (Phi) is 9.58. The molecule has 0 aliphatic carbocycles. The highest BCUT2D eigenvalue weighted by Gasteiger charge is 2.25. The molecule has 2 heterocycles. The molecule has 0 radical (unpaired) electrons. The lowest BCUT2D eigenvalue weighted by Gasteiger charge is -2.38. The van der Waals surface area contributed by atoms with Gasteiger partial charge < -0.3 is 10.6 Å². The second kappa shape index (κ2) is 11.7. The van der Waals surface area contributed by atoms with Crippen LogP contribution in [-0.4, -0.2) is 43.1 Å². The number of likely N-dealkylation sites (tertiary alicyclic amines) is 1. The van der Waals surface area contributed by atoms with Gasteiger partial charge in [-0.3, -0.25) is 9.89 Å². The molecule has 6 heteroatoms. The summed E-state index contributed by atoms with van der Waals surface area (Å²) in [4.78, 5) is 6.98. The Morgan fingerprint density at radius 1 is 1.22 bits per heavy atom. The van der Waals surface area contributed by atoms with Gasteiger partial charge in [-0.05, 0) is 54.1 Å². The number of nitrogens with one attached hydrogen (secondary N) is 2. The fraction of sp³-hybridized carbons (Fsp3) is 0.476. The summed E-state index contributed by atoms with van der Waals surface area (Å²) in [6.07, 6.45) is 3.34. The van der Waals surface area contributed by atoms with E-state index in [0.717, 1.165) is 44.9 Å². The number of nitrogens with zero attached hydrogens (tertiary/aromatic N) is 2. The average molecular weight is 498 g/mol. The van der Waals surface area contributed by atoms with Crippen molar-refractivity contribution in [2.75, 3.05) is 20.1 Å². The van der Waals surface area contributed by atoms with E-state index in [4.69, 9.17) is 0 Å². The van der Waals surface area contributed by atoms with E-state index in [0.29, 0.717) is 12.1 Å². The van der Waals surface area contributed by atoms with Crippen molar-refractivity contribution in [1.29, 1.82) is 0 Å². The molecule has 148 valence electrons. The average Bonchev–Trinajstić information content (AvgIpc) is 3.17. The van der Waals surface area contributed by atoms with Gasteiger partial charge >= 0.3 is 0 Å². The fourth-order valence-corrected chi connectivity index (χ4v) is 4.26. The SMILES string of the molecule is CN=C(NCCc1ccsc1)NC1CCN(Cc2ccccc2)C(C)C1.I. The van der Waals surface area contributed by atoms with E-state index in [9.17, 15) is 0 Å². The summed E-state index contributed by atoms with van der Waals surface area (Å²) in [6.45, 7) is 5.42. The lowest BCUT2D eigenvalue weighted by Crippen LogP contribution is -2.51. The Hall–Kier alpha value is -1.12. The van der Waals surface area contributed by atoms with E-state index < -0.39 is 0 Å². The van der Waals surface area contributed by atoms with Crippen molar-refractivity contribution in [1.82, 2.24) is 15.5 Å². The summed E-state index contributed by atoms with van der Waals surface area (Å²) in [6, 6.07) is 14.0. The van der Waals surface area contributed by atoms with Crippen molar-refractivity contribution in [3.05, 3.63) is 58.3 Å². The molecule has 2 unspecified atom stereocenters. The first kappa shape index (κ1) is 22.2. The number of aliphatic imine (C=N–C) groups is 1. The van der Waals surface area contributed by atoms with E-state index >= 15 is 0 Å². The molecule has 0 saturated carbocycles. The summed E-state index contributed by atoms with van der Waals surface area (Å²) in [5.41, 5.74) is 2.79. The first-order chi connectivity index (χ1) is 12.7. The van der Waals surface area contributed by atoms with Crippen LogP contribution in [0.2, 0.25) is 0 Å². The number of hydrogen-bond donors (Lipinski definition) is 2. The van der Waals surface area contributed by atoms with Gasteiger partial charge in [0.25, 0.3) is 0 Å². The second-order valence-corrected chi connectivity index (χ2v) is 7.83. The maximum Gasteiger partial charge on any atom is 0.191 e. The van der Waals surface area contributed by atoms with Crippen LogP contribution in [0.15, 0.2) is 52.2 Å². The van der Waals surface area contributed by atoms with Gasteiger partial charge in [0.2, 0.25) is 0 Å². The molecule has 1 aliphatic heterocycles. The molecule has 3 rings (SSSR count). The van der Waals surface area contributed by atoms with Gasteiger partial charge in [0.05, 0.1) is 0 Å². The molecule has 2 aromatic rings. The van der Waals surface area contributed by atoms with Gasteiger partial charge in [-0.2, -0.15) is 11.3 Å². The highest BCUT2D eigenvalue weighted by atomic mass is 127. The van der Waals surface area contributed by atoms with Gasteiger partial charge in [0.1, 0.15) is 0 Å². The van der Waals surface area contributed by atoms with Gasteiger partial charge in [-0.15, -0.1) is 24.0 Å². The van der Waals surface area contributed by atoms with Gasteiger partial charge in [0, 0.05) is 38.8 Å². The summed E-state index contributed by atoms with van der Waals surface area (Å²) < 4.78 is 0. The molecule has 1 fully saturated rings. The molecule has 2 atom stereocenters. The lowest BCUT2D eigenvalue weighted by atomic mass is 9.97. The van der Waals surface area contributed by atoms with Crippen LogP contribution in [0.5, 0.6) is 0 Å². The molecular formula is C21H31IN4S. The highest BCUT2D eigenvalue weighted by molar-refractivity contribution is 14.0. The summed E-state index contributed by atoms with van der Waals surface area (Å²) in [5.74, 6) is 0.925. The van der Waals surface area contributed by atoms with Crippen LogP contribution in [0.25, 0.3) is 0 Å². The molecule has 1 saturated heterocycles. The number of piperidine rings is 1. The van der Waals surface area contributed by atoms with Crippen molar-refractivity contribution in [2.24, 2.45) is 4.99 Å². The number of halogens is 1. The first-order valence-electron chi connectivity index (χ1n) is 9.51. The van der Waals surface area contributed by atoms with E-state index in [2.05, 4.69) is 74.6 Å². The van der Waals surface area contributed by atoms with Crippen molar-refractivity contribution in [2.45, 2.75) is 44.8 Å². The fourth-order valence-electron chi connectivity index (χ4n) is 3.55. The predicted molar refractivity (Wildman–Crippen MR) is 127 cm³/mol. The zero-order valence-corrected chi connectivity index (χ0v) is 19.4. The van der Waals surface area contributed by atoms with Crippen LogP contribution >= 0.6 is 35.3 Å². The minimum Gasteiger partial charge on any atom is -0.356 e. The number of guanidine groups is 1. The van der Waals surface area contributed by atoms with Crippen molar-refractivity contribution in [3.63, 3.8) is 0 Å². The zero-order valence-electron chi connectivity index (χ0n) is 16.2. The minimum atomic E-state index is 0. The first-order valence-corrected chi connectivity index (χ1v) is 10.4. The van der Waals surface area contributed by atoms with Gasteiger partial charge in [-0.25, -0.2) is 0 Å². The Balaban J connectivity index is 0.00000261. The Morgan fingerprint density at radius 2 is 2.04 bits per heavy atom. The minimum absolute atomic E-state index is 0. The molecule has 1 aromatic carbocycles. The Bertz CT molecular complexity index is 675. The molecule has 1 aromatic heterocycles. The van der Waals surface area contributed by atoms with Crippen molar-refractivity contribution in [3.8, 4) is 0 Å². The molecule has 0 amide bonds. The number of thiophene rings is 1. The van der Waals surface area contributed by atoms with Gasteiger partial charge in [-0.1, -0.05) is 30.3 Å². The smallest absolute Gasteiger partial charge is 0.191 e. The molecule has 0 spiro atoms. The van der Waals surface area contributed by atoms with Crippen LogP contribution in [0.1, 0.15) is 30.9 Å². The molecule has 27 heavy (non-hydrogen) atoms. The maximum atomic E-state index is 4.40.